The molecule has 1 aromatic heterocycles. The molecule has 1 aromatic rings. The summed E-state index contributed by atoms with van der Waals surface area (Å²) in [5.41, 5.74) is 6.61. The predicted octanol–water partition coefficient (Wildman–Crippen LogP) is 2.01. The lowest BCUT2D eigenvalue weighted by Crippen LogP contribution is -2.09. The molecule has 2 N–H and O–H groups in total. The Balaban J connectivity index is 2.89. The first-order valence-electron chi connectivity index (χ1n) is 4.61. The number of hydrogen-bond acceptors (Lipinski definition) is 2. The molecule has 4 heteroatoms. The van der Waals surface area contributed by atoms with Crippen molar-refractivity contribution in [2.75, 3.05) is 6.54 Å². The first-order chi connectivity index (χ1) is 6.20. The molecule has 0 aliphatic rings. The zero-order valence-corrected chi connectivity index (χ0v) is 8.88. The van der Waals surface area contributed by atoms with Crippen LogP contribution in [0, 0.1) is 0 Å². The van der Waals surface area contributed by atoms with E-state index in [-0.39, 0.29) is 0 Å². The fourth-order valence-electron chi connectivity index (χ4n) is 1.49. The van der Waals surface area contributed by atoms with Crippen molar-refractivity contribution in [3.05, 3.63) is 17.2 Å². The highest BCUT2D eigenvalue weighted by Gasteiger charge is 2.14. The van der Waals surface area contributed by atoms with Crippen LogP contribution in [0.4, 0.5) is 0 Å². The minimum absolute atomic E-state index is 0.389. The zero-order valence-electron chi connectivity index (χ0n) is 8.13. The Hall–Kier alpha value is -0.540. The van der Waals surface area contributed by atoms with E-state index in [0.717, 1.165) is 18.7 Å². The lowest BCUT2D eigenvalue weighted by molar-refractivity contribution is 0.610. The average Bonchev–Trinajstić information content (AvgIpc) is 2.47. The van der Waals surface area contributed by atoms with Crippen molar-refractivity contribution in [3.63, 3.8) is 0 Å². The van der Waals surface area contributed by atoms with Crippen LogP contribution in [0.1, 0.15) is 31.9 Å². The molecule has 1 heterocycles. The summed E-state index contributed by atoms with van der Waals surface area (Å²) < 4.78 is 2.07. The van der Waals surface area contributed by atoms with Crippen LogP contribution in [0.3, 0.4) is 0 Å². The van der Waals surface area contributed by atoms with Crippen LogP contribution in [-0.4, -0.2) is 16.1 Å². The minimum Gasteiger partial charge on any atom is -0.333 e. The maximum absolute atomic E-state index is 5.98. The summed E-state index contributed by atoms with van der Waals surface area (Å²) >= 11 is 5.98. The first kappa shape index (κ1) is 10.5. The number of aryl methyl sites for hydroxylation is 1. The Morgan fingerprint density at radius 2 is 2.38 bits per heavy atom. The molecule has 1 unspecified atom stereocenters. The standard InChI is InChI=1S/C9H16ClN3/c1-3-13-6-12-9(10)8(13)7(2)4-5-11/h6-7H,3-5,11H2,1-2H3. The number of rotatable bonds is 4. The number of nitrogens with two attached hydrogens (primary N) is 1. The lowest BCUT2D eigenvalue weighted by atomic mass is 10.0. The Morgan fingerprint density at radius 1 is 1.69 bits per heavy atom. The van der Waals surface area contributed by atoms with Crippen LogP contribution in [0.2, 0.25) is 5.15 Å². The van der Waals surface area contributed by atoms with E-state index in [0.29, 0.717) is 17.6 Å². The molecule has 3 nitrogen and oxygen atoms in total. The fraction of sp³-hybridized carbons (Fsp3) is 0.667. The van der Waals surface area contributed by atoms with Gasteiger partial charge in [0.05, 0.1) is 12.0 Å². The number of hydrogen-bond donors (Lipinski definition) is 1. The molecule has 0 saturated carbocycles. The third-order valence-electron chi connectivity index (χ3n) is 2.24. The highest BCUT2D eigenvalue weighted by Crippen LogP contribution is 2.25. The van der Waals surface area contributed by atoms with Gasteiger partial charge in [0, 0.05) is 12.5 Å². The lowest BCUT2D eigenvalue weighted by Gasteiger charge is -2.12. The Morgan fingerprint density at radius 3 is 2.92 bits per heavy atom. The van der Waals surface area contributed by atoms with Crippen LogP contribution in [0.15, 0.2) is 6.33 Å². The molecule has 74 valence electrons. The second-order valence-corrected chi connectivity index (χ2v) is 3.54. The van der Waals surface area contributed by atoms with Gasteiger partial charge < -0.3 is 10.3 Å². The quantitative estimate of drug-likeness (QED) is 0.810. The summed E-state index contributed by atoms with van der Waals surface area (Å²) in [7, 11) is 0. The third-order valence-corrected chi connectivity index (χ3v) is 2.53. The van der Waals surface area contributed by atoms with E-state index < -0.39 is 0 Å². The summed E-state index contributed by atoms with van der Waals surface area (Å²) in [6, 6.07) is 0. The van der Waals surface area contributed by atoms with Crippen molar-refractivity contribution in [1.29, 1.82) is 0 Å². The molecule has 0 spiro atoms. The second-order valence-electron chi connectivity index (χ2n) is 3.19. The van der Waals surface area contributed by atoms with E-state index >= 15 is 0 Å². The number of aromatic nitrogens is 2. The molecule has 13 heavy (non-hydrogen) atoms. The van der Waals surface area contributed by atoms with Gasteiger partial charge in [-0.05, 0) is 19.9 Å². The van der Waals surface area contributed by atoms with Crippen molar-refractivity contribution >= 4 is 11.6 Å². The molecule has 1 atom stereocenters. The molecule has 0 bridgehead atoms. The molecule has 0 aliphatic carbocycles. The highest BCUT2D eigenvalue weighted by atomic mass is 35.5. The largest absolute Gasteiger partial charge is 0.333 e. The van der Waals surface area contributed by atoms with Crippen LogP contribution >= 0.6 is 11.6 Å². The minimum atomic E-state index is 0.389. The van der Waals surface area contributed by atoms with Crippen LogP contribution < -0.4 is 5.73 Å². The van der Waals surface area contributed by atoms with Crippen LogP contribution in [0.25, 0.3) is 0 Å². The maximum Gasteiger partial charge on any atom is 0.150 e. The van der Waals surface area contributed by atoms with Gasteiger partial charge in [-0.1, -0.05) is 18.5 Å². The molecule has 0 aromatic carbocycles. The van der Waals surface area contributed by atoms with Gasteiger partial charge >= 0.3 is 0 Å². The SMILES string of the molecule is CCn1cnc(Cl)c1C(C)CCN. The van der Waals surface area contributed by atoms with Crippen molar-refractivity contribution in [2.45, 2.75) is 32.7 Å². The number of nitrogens with zero attached hydrogens (tertiary/aromatic N) is 2. The van der Waals surface area contributed by atoms with Crippen LogP contribution in [0.5, 0.6) is 0 Å². The van der Waals surface area contributed by atoms with Crippen LogP contribution in [-0.2, 0) is 6.54 Å². The van der Waals surface area contributed by atoms with Crippen molar-refractivity contribution in [3.8, 4) is 0 Å². The Bertz CT molecular complexity index is 270. The highest BCUT2D eigenvalue weighted by molar-refractivity contribution is 6.30. The smallest absolute Gasteiger partial charge is 0.150 e. The van der Waals surface area contributed by atoms with E-state index in [9.17, 15) is 0 Å². The molecule has 0 fully saturated rings. The van der Waals surface area contributed by atoms with E-state index in [1.807, 2.05) is 0 Å². The molecular weight excluding hydrogens is 186 g/mol. The Labute approximate surface area is 83.9 Å². The molecule has 1 rings (SSSR count). The third kappa shape index (κ3) is 2.23. The van der Waals surface area contributed by atoms with Crippen molar-refractivity contribution in [2.24, 2.45) is 5.73 Å². The molecule has 0 saturated heterocycles. The fourth-order valence-corrected chi connectivity index (χ4v) is 1.83. The van der Waals surface area contributed by atoms with Crippen molar-refractivity contribution in [1.82, 2.24) is 9.55 Å². The summed E-state index contributed by atoms with van der Waals surface area (Å²) in [5.74, 6) is 0.389. The molecule has 0 amide bonds. The monoisotopic (exact) mass is 201 g/mol. The van der Waals surface area contributed by atoms with Gasteiger partial charge in [0.2, 0.25) is 0 Å². The van der Waals surface area contributed by atoms with Gasteiger partial charge in [-0.2, -0.15) is 0 Å². The topological polar surface area (TPSA) is 43.8 Å². The normalized spacial score (nSPS) is 13.2. The van der Waals surface area contributed by atoms with E-state index in [4.69, 9.17) is 17.3 Å². The molecule has 0 radical (unpaired) electrons. The second kappa shape index (κ2) is 4.63. The number of halogens is 1. The summed E-state index contributed by atoms with van der Waals surface area (Å²) in [4.78, 5) is 4.08. The maximum atomic E-state index is 5.98. The molecular formula is C9H16ClN3. The summed E-state index contributed by atoms with van der Waals surface area (Å²) in [6.45, 7) is 5.80. The van der Waals surface area contributed by atoms with Gasteiger partial charge in [0.1, 0.15) is 0 Å². The van der Waals surface area contributed by atoms with Gasteiger partial charge in [0.25, 0.3) is 0 Å². The van der Waals surface area contributed by atoms with Gasteiger partial charge in [-0.25, -0.2) is 4.98 Å². The number of imidazole rings is 1. The van der Waals surface area contributed by atoms with Crippen molar-refractivity contribution < 1.29 is 0 Å². The van der Waals surface area contributed by atoms with E-state index in [1.54, 1.807) is 6.33 Å². The Kier molecular flexibility index (Phi) is 3.75. The van der Waals surface area contributed by atoms with E-state index in [1.165, 1.54) is 0 Å². The summed E-state index contributed by atoms with van der Waals surface area (Å²) in [6.07, 6.45) is 2.73. The average molecular weight is 202 g/mol. The zero-order chi connectivity index (χ0) is 9.84. The predicted molar refractivity (Wildman–Crippen MR) is 55.0 cm³/mol. The summed E-state index contributed by atoms with van der Waals surface area (Å²) in [5, 5.41) is 0.614. The van der Waals surface area contributed by atoms with Gasteiger partial charge in [0.15, 0.2) is 5.15 Å². The van der Waals surface area contributed by atoms with E-state index in [2.05, 4.69) is 23.4 Å². The molecule has 0 aliphatic heterocycles. The first-order valence-corrected chi connectivity index (χ1v) is 4.99. The van der Waals surface area contributed by atoms with Gasteiger partial charge in [-0.15, -0.1) is 0 Å². The van der Waals surface area contributed by atoms with Gasteiger partial charge in [-0.3, -0.25) is 0 Å².